The van der Waals surface area contributed by atoms with Crippen LogP contribution in [0.25, 0.3) is 0 Å². The maximum absolute atomic E-state index is 5.60. The number of benzene rings is 1. The molecule has 1 aromatic carbocycles. The van der Waals surface area contributed by atoms with E-state index >= 15 is 0 Å². The summed E-state index contributed by atoms with van der Waals surface area (Å²) in [6.45, 7) is 6.15. The lowest BCUT2D eigenvalue weighted by Gasteiger charge is -2.21. The van der Waals surface area contributed by atoms with Crippen molar-refractivity contribution in [2.24, 2.45) is 0 Å². The van der Waals surface area contributed by atoms with Gasteiger partial charge in [0.2, 0.25) is 0 Å². The van der Waals surface area contributed by atoms with Crippen molar-refractivity contribution >= 4 is 11.4 Å². The highest BCUT2D eigenvalue weighted by molar-refractivity contribution is 5.69. The van der Waals surface area contributed by atoms with Crippen molar-refractivity contribution in [1.82, 2.24) is 0 Å². The quantitative estimate of drug-likeness (QED) is 0.893. The van der Waals surface area contributed by atoms with E-state index in [1.807, 2.05) is 13.8 Å². The van der Waals surface area contributed by atoms with Crippen LogP contribution in [-0.4, -0.2) is 14.1 Å². The minimum atomic E-state index is 0.221. The lowest BCUT2D eigenvalue weighted by Crippen LogP contribution is -2.14. The summed E-state index contributed by atoms with van der Waals surface area (Å²) in [6.07, 6.45) is 0. The fourth-order valence-corrected chi connectivity index (χ4v) is 2.38. The summed E-state index contributed by atoms with van der Waals surface area (Å²) in [5.41, 5.74) is 3.54. The topological polar surface area (TPSA) is 28.4 Å². The number of nitrogens with one attached hydrogen (secondary N) is 1. The normalized spacial score (nSPS) is 12.3. The monoisotopic (exact) mass is 258 g/mol. The Morgan fingerprint density at radius 3 is 2.42 bits per heavy atom. The molecule has 19 heavy (non-hydrogen) atoms. The second-order valence-electron chi connectivity index (χ2n) is 5.15. The average molecular weight is 258 g/mol. The van der Waals surface area contributed by atoms with Crippen molar-refractivity contribution < 1.29 is 4.42 Å². The maximum Gasteiger partial charge on any atom is 0.106 e. The first-order chi connectivity index (χ1) is 8.99. The predicted molar refractivity (Wildman–Crippen MR) is 81.0 cm³/mol. The zero-order chi connectivity index (χ0) is 14.0. The van der Waals surface area contributed by atoms with Gasteiger partial charge in [-0.25, -0.2) is 0 Å². The number of para-hydroxylation sites is 2. The number of nitrogens with zero attached hydrogens (tertiary/aromatic N) is 1. The van der Waals surface area contributed by atoms with Crippen LogP contribution in [0.2, 0.25) is 0 Å². The molecule has 1 atom stereocenters. The molecule has 2 rings (SSSR count). The molecule has 0 radical (unpaired) electrons. The number of hydrogen-bond acceptors (Lipinski definition) is 3. The van der Waals surface area contributed by atoms with E-state index in [0.29, 0.717) is 0 Å². The highest BCUT2D eigenvalue weighted by Gasteiger charge is 2.14. The van der Waals surface area contributed by atoms with E-state index in [4.69, 9.17) is 4.42 Å². The van der Waals surface area contributed by atoms with Crippen molar-refractivity contribution in [3.05, 3.63) is 47.4 Å². The SMILES string of the molecule is Cc1cc(C(C)Nc2ccccc2N(C)C)c(C)o1. The van der Waals surface area contributed by atoms with Gasteiger partial charge in [0.15, 0.2) is 0 Å². The number of anilines is 2. The molecule has 102 valence electrons. The third-order valence-electron chi connectivity index (χ3n) is 3.30. The molecule has 0 fully saturated rings. The van der Waals surface area contributed by atoms with Crippen LogP contribution in [-0.2, 0) is 0 Å². The fourth-order valence-electron chi connectivity index (χ4n) is 2.38. The van der Waals surface area contributed by atoms with Gasteiger partial charge in [-0.3, -0.25) is 0 Å². The van der Waals surface area contributed by atoms with Crippen LogP contribution in [0, 0.1) is 13.8 Å². The lowest BCUT2D eigenvalue weighted by molar-refractivity contribution is 0.500. The van der Waals surface area contributed by atoms with Gasteiger partial charge in [-0.05, 0) is 39.0 Å². The van der Waals surface area contributed by atoms with Gasteiger partial charge in [0, 0.05) is 19.7 Å². The molecule has 3 nitrogen and oxygen atoms in total. The van der Waals surface area contributed by atoms with E-state index in [2.05, 4.69) is 61.6 Å². The first kappa shape index (κ1) is 13.5. The Kier molecular flexibility index (Phi) is 3.84. The summed E-state index contributed by atoms with van der Waals surface area (Å²) in [5.74, 6) is 1.95. The number of hydrogen-bond donors (Lipinski definition) is 1. The molecule has 0 bridgehead atoms. The molecule has 0 aliphatic heterocycles. The molecular formula is C16H22N2O. The van der Waals surface area contributed by atoms with Crippen LogP contribution in [0.5, 0.6) is 0 Å². The second kappa shape index (κ2) is 5.39. The van der Waals surface area contributed by atoms with Gasteiger partial charge in [-0.2, -0.15) is 0 Å². The molecule has 0 saturated heterocycles. The highest BCUT2D eigenvalue weighted by Crippen LogP contribution is 2.29. The van der Waals surface area contributed by atoms with Gasteiger partial charge < -0.3 is 14.6 Å². The molecule has 0 amide bonds. The van der Waals surface area contributed by atoms with E-state index in [-0.39, 0.29) is 6.04 Å². The first-order valence-corrected chi connectivity index (χ1v) is 6.59. The number of aryl methyl sites for hydroxylation is 2. The van der Waals surface area contributed by atoms with Crippen LogP contribution in [0.3, 0.4) is 0 Å². The minimum Gasteiger partial charge on any atom is -0.466 e. The summed E-state index contributed by atoms with van der Waals surface area (Å²) in [4.78, 5) is 2.11. The van der Waals surface area contributed by atoms with Crippen molar-refractivity contribution in [2.75, 3.05) is 24.3 Å². The molecule has 3 heteroatoms. The van der Waals surface area contributed by atoms with Gasteiger partial charge >= 0.3 is 0 Å². The van der Waals surface area contributed by atoms with Crippen molar-refractivity contribution in [3.8, 4) is 0 Å². The average Bonchev–Trinajstić information content (AvgIpc) is 2.69. The Morgan fingerprint density at radius 2 is 1.84 bits per heavy atom. The highest BCUT2D eigenvalue weighted by atomic mass is 16.3. The van der Waals surface area contributed by atoms with E-state index in [9.17, 15) is 0 Å². The standard InChI is InChI=1S/C16H22N2O/c1-11-10-14(13(3)19-11)12(2)17-15-8-6-7-9-16(15)18(4)5/h6-10,12,17H,1-5H3. The summed E-state index contributed by atoms with van der Waals surface area (Å²) >= 11 is 0. The fraction of sp³-hybridized carbons (Fsp3) is 0.375. The first-order valence-electron chi connectivity index (χ1n) is 6.59. The van der Waals surface area contributed by atoms with Gasteiger partial charge in [0.1, 0.15) is 11.5 Å². The van der Waals surface area contributed by atoms with Crippen LogP contribution in [0.1, 0.15) is 30.0 Å². The van der Waals surface area contributed by atoms with Crippen LogP contribution >= 0.6 is 0 Å². The Bertz CT molecular complexity index is 558. The van der Waals surface area contributed by atoms with Gasteiger partial charge in [0.05, 0.1) is 17.4 Å². The third-order valence-corrected chi connectivity index (χ3v) is 3.30. The second-order valence-corrected chi connectivity index (χ2v) is 5.15. The summed E-state index contributed by atoms with van der Waals surface area (Å²) in [5, 5.41) is 3.56. The van der Waals surface area contributed by atoms with Gasteiger partial charge in [-0.15, -0.1) is 0 Å². The lowest BCUT2D eigenvalue weighted by atomic mass is 10.1. The molecule has 0 saturated carbocycles. The van der Waals surface area contributed by atoms with Crippen molar-refractivity contribution in [2.45, 2.75) is 26.8 Å². The van der Waals surface area contributed by atoms with Crippen molar-refractivity contribution in [1.29, 1.82) is 0 Å². The molecule has 1 N–H and O–H groups in total. The van der Waals surface area contributed by atoms with E-state index in [1.54, 1.807) is 0 Å². The molecule has 1 aromatic heterocycles. The van der Waals surface area contributed by atoms with Crippen LogP contribution < -0.4 is 10.2 Å². The zero-order valence-corrected chi connectivity index (χ0v) is 12.3. The zero-order valence-electron chi connectivity index (χ0n) is 12.3. The maximum atomic E-state index is 5.60. The van der Waals surface area contributed by atoms with E-state index < -0.39 is 0 Å². The molecular weight excluding hydrogens is 236 g/mol. The summed E-state index contributed by atoms with van der Waals surface area (Å²) in [7, 11) is 4.11. The van der Waals surface area contributed by atoms with Crippen LogP contribution in [0.15, 0.2) is 34.7 Å². The molecule has 1 heterocycles. The molecule has 2 aromatic rings. The smallest absolute Gasteiger partial charge is 0.106 e. The molecule has 0 aliphatic carbocycles. The Labute approximate surface area is 115 Å². The summed E-state index contributed by atoms with van der Waals surface area (Å²) < 4.78 is 5.60. The Balaban J connectivity index is 2.24. The molecule has 0 aliphatic rings. The van der Waals surface area contributed by atoms with Crippen LogP contribution in [0.4, 0.5) is 11.4 Å². The van der Waals surface area contributed by atoms with Gasteiger partial charge in [-0.1, -0.05) is 12.1 Å². The van der Waals surface area contributed by atoms with E-state index in [0.717, 1.165) is 17.2 Å². The Morgan fingerprint density at radius 1 is 1.16 bits per heavy atom. The number of furan rings is 1. The van der Waals surface area contributed by atoms with Gasteiger partial charge in [0.25, 0.3) is 0 Å². The molecule has 1 unspecified atom stereocenters. The number of rotatable bonds is 4. The van der Waals surface area contributed by atoms with Crippen molar-refractivity contribution in [3.63, 3.8) is 0 Å². The minimum absolute atomic E-state index is 0.221. The summed E-state index contributed by atoms with van der Waals surface area (Å²) in [6, 6.07) is 10.6. The third kappa shape index (κ3) is 2.92. The predicted octanol–water partition coefficient (Wildman–Crippen LogP) is 4.14. The van der Waals surface area contributed by atoms with E-state index in [1.165, 1.54) is 11.3 Å². The molecule has 0 spiro atoms. The Hall–Kier alpha value is -1.90. The largest absolute Gasteiger partial charge is 0.466 e.